The van der Waals surface area contributed by atoms with E-state index in [9.17, 15) is 9.59 Å². The van der Waals surface area contributed by atoms with E-state index in [1.165, 1.54) is 13.2 Å². The van der Waals surface area contributed by atoms with Gasteiger partial charge in [-0.3, -0.25) is 4.79 Å². The predicted molar refractivity (Wildman–Crippen MR) is 91.4 cm³/mol. The molecule has 0 heterocycles. The van der Waals surface area contributed by atoms with Crippen LogP contribution in [-0.2, 0) is 9.53 Å². The Labute approximate surface area is 143 Å². The first-order valence-corrected chi connectivity index (χ1v) is 7.43. The summed E-state index contributed by atoms with van der Waals surface area (Å²) in [5.41, 5.74) is 1.34. The molecule has 120 valence electrons. The van der Waals surface area contributed by atoms with Gasteiger partial charge in [-0.05, 0) is 30.3 Å². The summed E-state index contributed by atoms with van der Waals surface area (Å²) < 4.78 is 4.64. The van der Waals surface area contributed by atoms with E-state index < -0.39 is 5.97 Å². The van der Waals surface area contributed by atoms with E-state index in [1.807, 2.05) is 0 Å². The summed E-state index contributed by atoms with van der Waals surface area (Å²) in [6, 6.07) is 11.7. The van der Waals surface area contributed by atoms with Gasteiger partial charge in [-0.25, -0.2) is 4.79 Å². The van der Waals surface area contributed by atoms with Gasteiger partial charge in [-0.1, -0.05) is 35.3 Å². The zero-order valence-corrected chi connectivity index (χ0v) is 13.7. The molecule has 2 aromatic rings. The smallest absolute Gasteiger partial charge is 0.339 e. The zero-order chi connectivity index (χ0) is 16.8. The maximum absolute atomic E-state index is 11.9. The molecule has 0 bridgehead atoms. The number of rotatable bonds is 5. The van der Waals surface area contributed by atoms with Gasteiger partial charge in [0.05, 0.1) is 35.0 Å². The second-order valence-corrected chi connectivity index (χ2v) is 5.38. The van der Waals surface area contributed by atoms with Crippen molar-refractivity contribution < 1.29 is 14.3 Å². The van der Waals surface area contributed by atoms with Gasteiger partial charge in [-0.2, -0.15) is 0 Å². The molecule has 5 nitrogen and oxygen atoms in total. The van der Waals surface area contributed by atoms with Crippen LogP contribution < -0.4 is 10.6 Å². The first-order valence-electron chi connectivity index (χ1n) is 6.67. The third-order valence-corrected chi connectivity index (χ3v) is 3.63. The van der Waals surface area contributed by atoms with Crippen molar-refractivity contribution in [3.63, 3.8) is 0 Å². The summed E-state index contributed by atoms with van der Waals surface area (Å²) in [4.78, 5) is 23.5. The first kappa shape index (κ1) is 17.1. The van der Waals surface area contributed by atoms with Crippen molar-refractivity contribution in [1.29, 1.82) is 0 Å². The lowest BCUT2D eigenvalue weighted by molar-refractivity contribution is -0.114. The van der Waals surface area contributed by atoms with Gasteiger partial charge in [0.1, 0.15) is 0 Å². The number of hydrogen-bond donors (Lipinski definition) is 2. The van der Waals surface area contributed by atoms with Crippen LogP contribution in [-0.4, -0.2) is 25.5 Å². The number of carbonyl (C=O) groups is 2. The Morgan fingerprint density at radius 2 is 1.83 bits per heavy atom. The van der Waals surface area contributed by atoms with Gasteiger partial charge in [0.15, 0.2) is 0 Å². The molecule has 0 radical (unpaired) electrons. The van der Waals surface area contributed by atoms with E-state index in [0.29, 0.717) is 16.4 Å². The maximum atomic E-state index is 11.9. The highest BCUT2D eigenvalue weighted by Crippen LogP contribution is 2.22. The number of esters is 1. The van der Waals surface area contributed by atoms with Crippen LogP contribution in [0.3, 0.4) is 0 Å². The summed E-state index contributed by atoms with van der Waals surface area (Å²) in [5, 5.41) is 6.34. The average Bonchev–Trinajstić information content (AvgIpc) is 2.55. The normalized spacial score (nSPS) is 10.0. The van der Waals surface area contributed by atoms with Gasteiger partial charge >= 0.3 is 5.97 Å². The van der Waals surface area contributed by atoms with Crippen LogP contribution in [0.4, 0.5) is 11.4 Å². The molecule has 0 aliphatic heterocycles. The summed E-state index contributed by atoms with van der Waals surface area (Å²) in [6.07, 6.45) is 0. The molecule has 2 rings (SSSR count). The minimum absolute atomic E-state index is 0.00741. The molecule has 0 aromatic heterocycles. The van der Waals surface area contributed by atoms with E-state index in [2.05, 4.69) is 15.4 Å². The molecule has 0 saturated heterocycles. The van der Waals surface area contributed by atoms with Crippen molar-refractivity contribution in [3.05, 3.63) is 58.1 Å². The van der Waals surface area contributed by atoms with Gasteiger partial charge in [0.2, 0.25) is 5.91 Å². The number of amides is 1. The fourth-order valence-electron chi connectivity index (χ4n) is 1.84. The molecule has 0 aliphatic carbocycles. The second kappa shape index (κ2) is 7.85. The lowest BCUT2D eigenvalue weighted by Crippen LogP contribution is -2.22. The Morgan fingerprint density at radius 1 is 1.09 bits per heavy atom. The molecule has 23 heavy (non-hydrogen) atoms. The molecule has 7 heteroatoms. The minimum Gasteiger partial charge on any atom is -0.465 e. The number of methoxy groups -OCH3 is 1. The van der Waals surface area contributed by atoms with E-state index in [1.54, 1.807) is 36.4 Å². The zero-order valence-electron chi connectivity index (χ0n) is 12.2. The number of anilines is 2. The molecule has 2 aromatic carbocycles. The van der Waals surface area contributed by atoms with Gasteiger partial charge in [0.25, 0.3) is 0 Å². The maximum Gasteiger partial charge on any atom is 0.339 e. The van der Waals surface area contributed by atoms with Crippen LogP contribution in [0.1, 0.15) is 10.4 Å². The van der Waals surface area contributed by atoms with Crippen LogP contribution in [0.15, 0.2) is 42.5 Å². The second-order valence-electron chi connectivity index (χ2n) is 4.57. The summed E-state index contributed by atoms with van der Waals surface area (Å²) in [5.74, 6) is -0.813. The molecular weight excluding hydrogens is 339 g/mol. The van der Waals surface area contributed by atoms with Crippen LogP contribution in [0.25, 0.3) is 0 Å². The van der Waals surface area contributed by atoms with Gasteiger partial charge in [0, 0.05) is 5.69 Å². The van der Waals surface area contributed by atoms with Crippen molar-refractivity contribution in [2.24, 2.45) is 0 Å². The minimum atomic E-state index is -0.542. The molecule has 2 N–H and O–H groups in total. The Kier molecular flexibility index (Phi) is 5.84. The summed E-state index contributed by atoms with van der Waals surface area (Å²) in [6.45, 7) is 0.00741. The van der Waals surface area contributed by atoms with Crippen molar-refractivity contribution in [2.45, 2.75) is 0 Å². The highest BCUT2D eigenvalue weighted by molar-refractivity contribution is 6.34. The molecular formula is C16H14Cl2N2O3. The number of carbonyl (C=O) groups excluding carboxylic acids is 2. The SMILES string of the molecule is COC(=O)c1cc(NCC(=O)Nc2ccccc2Cl)ccc1Cl. The van der Waals surface area contributed by atoms with Crippen LogP contribution in [0.5, 0.6) is 0 Å². The Balaban J connectivity index is 1.99. The molecule has 0 spiro atoms. The van der Waals surface area contributed by atoms with Crippen molar-refractivity contribution >= 4 is 46.5 Å². The molecule has 0 saturated carbocycles. The number of halogens is 2. The average molecular weight is 353 g/mol. The van der Waals surface area contributed by atoms with Crippen molar-refractivity contribution in [2.75, 3.05) is 24.3 Å². The fourth-order valence-corrected chi connectivity index (χ4v) is 2.22. The van der Waals surface area contributed by atoms with Gasteiger partial charge < -0.3 is 15.4 Å². The Hall–Kier alpha value is -2.24. The van der Waals surface area contributed by atoms with Crippen LogP contribution in [0.2, 0.25) is 10.0 Å². The summed E-state index contributed by atoms with van der Waals surface area (Å²) in [7, 11) is 1.27. The predicted octanol–water partition coefficient (Wildman–Crippen LogP) is 3.83. The van der Waals surface area contributed by atoms with E-state index in [4.69, 9.17) is 23.2 Å². The Bertz CT molecular complexity index is 735. The quantitative estimate of drug-likeness (QED) is 0.802. The van der Waals surface area contributed by atoms with E-state index in [-0.39, 0.29) is 23.0 Å². The monoisotopic (exact) mass is 352 g/mol. The van der Waals surface area contributed by atoms with Crippen molar-refractivity contribution in [3.8, 4) is 0 Å². The largest absolute Gasteiger partial charge is 0.465 e. The number of para-hydroxylation sites is 1. The Morgan fingerprint density at radius 3 is 2.52 bits per heavy atom. The topological polar surface area (TPSA) is 67.4 Å². The number of hydrogen-bond acceptors (Lipinski definition) is 4. The van der Waals surface area contributed by atoms with Crippen molar-refractivity contribution in [1.82, 2.24) is 0 Å². The van der Waals surface area contributed by atoms with Gasteiger partial charge in [-0.15, -0.1) is 0 Å². The lowest BCUT2D eigenvalue weighted by atomic mass is 10.2. The molecule has 0 fully saturated rings. The third-order valence-electron chi connectivity index (χ3n) is 2.97. The highest BCUT2D eigenvalue weighted by Gasteiger charge is 2.12. The standard InChI is InChI=1S/C16H14Cl2N2O3/c1-23-16(22)11-8-10(6-7-12(11)17)19-9-15(21)20-14-5-3-2-4-13(14)18/h2-8,19H,9H2,1H3,(H,20,21). The fraction of sp³-hybridized carbons (Fsp3) is 0.125. The van der Waals surface area contributed by atoms with Crippen LogP contribution >= 0.6 is 23.2 Å². The molecule has 0 atom stereocenters. The highest BCUT2D eigenvalue weighted by atomic mass is 35.5. The van der Waals surface area contributed by atoms with E-state index in [0.717, 1.165) is 0 Å². The number of ether oxygens (including phenoxy) is 1. The number of benzene rings is 2. The molecule has 0 aliphatic rings. The number of nitrogens with one attached hydrogen (secondary N) is 2. The van der Waals surface area contributed by atoms with E-state index >= 15 is 0 Å². The molecule has 0 unspecified atom stereocenters. The third kappa shape index (κ3) is 4.61. The lowest BCUT2D eigenvalue weighted by Gasteiger charge is -2.10. The van der Waals surface area contributed by atoms with Crippen LogP contribution in [0, 0.1) is 0 Å². The first-order chi connectivity index (χ1) is 11.0. The summed E-state index contributed by atoms with van der Waals surface area (Å²) >= 11 is 11.9. The molecule has 1 amide bonds.